The van der Waals surface area contributed by atoms with Crippen molar-refractivity contribution in [3.63, 3.8) is 0 Å². The van der Waals surface area contributed by atoms with E-state index in [2.05, 4.69) is 4.74 Å². The number of nitrogens with zero attached hydrogens (tertiary/aromatic N) is 1. The van der Waals surface area contributed by atoms with Crippen molar-refractivity contribution in [2.45, 2.75) is 18.6 Å². The fraction of sp³-hybridized carbons (Fsp3) is 0.222. The van der Waals surface area contributed by atoms with Crippen molar-refractivity contribution in [2.75, 3.05) is 11.4 Å². The zero-order valence-electron chi connectivity index (χ0n) is 13.6. The van der Waals surface area contributed by atoms with E-state index in [4.69, 9.17) is 0 Å². The second-order valence-corrected chi connectivity index (χ2v) is 5.90. The van der Waals surface area contributed by atoms with E-state index in [-0.39, 0.29) is 12.3 Å². The van der Waals surface area contributed by atoms with Crippen molar-refractivity contribution in [1.82, 2.24) is 0 Å². The van der Waals surface area contributed by atoms with E-state index in [9.17, 15) is 31.4 Å². The molecule has 1 N–H and O–H groups in total. The highest BCUT2D eigenvalue weighted by Gasteiger charge is 2.33. The van der Waals surface area contributed by atoms with Gasteiger partial charge in [0.25, 0.3) is 0 Å². The van der Waals surface area contributed by atoms with Crippen molar-refractivity contribution in [1.29, 1.82) is 0 Å². The van der Waals surface area contributed by atoms with E-state index in [1.54, 1.807) is 11.0 Å². The maximum Gasteiger partial charge on any atom is 0.573 e. The Morgan fingerprint density at radius 1 is 0.963 bits per heavy atom. The molecule has 1 heterocycles. The number of alkyl halides is 6. The minimum Gasteiger partial charge on any atom is -0.511 e. The van der Waals surface area contributed by atoms with Gasteiger partial charge in [-0.1, -0.05) is 12.1 Å². The SMILES string of the molecule is OC1=CC(c2cccc(OC(F)(F)F)c2)N(c2ccc(C(F)(F)F)cc2)C1. The molecule has 0 aliphatic carbocycles. The van der Waals surface area contributed by atoms with E-state index in [1.807, 2.05) is 0 Å². The molecule has 0 saturated heterocycles. The van der Waals surface area contributed by atoms with Gasteiger partial charge in [0.15, 0.2) is 0 Å². The molecule has 27 heavy (non-hydrogen) atoms. The van der Waals surface area contributed by atoms with Gasteiger partial charge in [-0.3, -0.25) is 0 Å². The standard InChI is InChI=1S/C18H13F6NO2/c19-17(20,21)12-4-6-13(7-5-12)25-10-14(26)9-16(25)11-2-1-3-15(8-11)27-18(22,23)24/h1-9,16,26H,10H2. The van der Waals surface area contributed by atoms with Crippen LogP contribution in [0.15, 0.2) is 60.4 Å². The average molecular weight is 389 g/mol. The smallest absolute Gasteiger partial charge is 0.511 e. The predicted octanol–water partition coefficient (Wildman–Crippen LogP) is 5.61. The predicted molar refractivity (Wildman–Crippen MR) is 85.4 cm³/mol. The van der Waals surface area contributed by atoms with Gasteiger partial charge in [-0.25, -0.2) is 0 Å². The maximum atomic E-state index is 12.7. The van der Waals surface area contributed by atoms with Crippen molar-refractivity contribution >= 4 is 5.69 Å². The largest absolute Gasteiger partial charge is 0.573 e. The van der Waals surface area contributed by atoms with E-state index >= 15 is 0 Å². The van der Waals surface area contributed by atoms with E-state index < -0.39 is 29.9 Å². The first-order chi connectivity index (χ1) is 12.5. The van der Waals surface area contributed by atoms with Gasteiger partial charge in [0, 0.05) is 5.69 Å². The van der Waals surface area contributed by atoms with Gasteiger partial charge in [0.1, 0.15) is 11.5 Å². The first-order valence-corrected chi connectivity index (χ1v) is 7.72. The summed E-state index contributed by atoms with van der Waals surface area (Å²) in [6.07, 6.45) is -7.91. The number of hydrogen-bond donors (Lipinski definition) is 1. The van der Waals surface area contributed by atoms with Crippen LogP contribution in [0.4, 0.5) is 32.0 Å². The van der Waals surface area contributed by atoms with Gasteiger partial charge in [0.2, 0.25) is 0 Å². The monoisotopic (exact) mass is 389 g/mol. The van der Waals surface area contributed by atoms with Crippen molar-refractivity contribution in [3.05, 3.63) is 71.5 Å². The van der Waals surface area contributed by atoms with Crippen LogP contribution in [0.2, 0.25) is 0 Å². The molecule has 1 unspecified atom stereocenters. The number of ether oxygens (including phenoxy) is 1. The number of hydrogen-bond acceptors (Lipinski definition) is 3. The fourth-order valence-electron chi connectivity index (χ4n) is 2.86. The molecule has 0 bridgehead atoms. The summed E-state index contributed by atoms with van der Waals surface area (Å²) in [5, 5.41) is 9.86. The molecule has 2 aromatic carbocycles. The Hall–Kier alpha value is -2.84. The van der Waals surface area contributed by atoms with Crippen molar-refractivity contribution < 1.29 is 36.2 Å². The van der Waals surface area contributed by atoms with Crippen LogP contribution in [-0.4, -0.2) is 18.0 Å². The first-order valence-electron chi connectivity index (χ1n) is 7.72. The minimum atomic E-state index is -4.85. The molecule has 1 atom stereocenters. The summed E-state index contributed by atoms with van der Waals surface area (Å²) in [7, 11) is 0. The van der Waals surface area contributed by atoms with Crippen molar-refractivity contribution in [3.8, 4) is 5.75 Å². The molecule has 0 radical (unpaired) electrons. The molecule has 0 amide bonds. The van der Waals surface area contributed by atoms with Crippen LogP contribution >= 0.6 is 0 Å². The number of anilines is 1. The molecular weight excluding hydrogens is 376 g/mol. The Bertz CT molecular complexity index is 842. The number of benzene rings is 2. The Kier molecular flexibility index (Phi) is 4.71. The third-order valence-corrected chi connectivity index (χ3v) is 3.98. The molecule has 1 aliphatic heterocycles. The van der Waals surface area contributed by atoms with Crippen LogP contribution < -0.4 is 9.64 Å². The highest BCUT2D eigenvalue weighted by Crippen LogP contribution is 2.37. The molecule has 0 aromatic heterocycles. The van der Waals surface area contributed by atoms with Gasteiger partial charge in [0.05, 0.1) is 18.2 Å². The molecule has 3 rings (SSSR count). The lowest BCUT2D eigenvalue weighted by Gasteiger charge is -2.27. The molecule has 1 aliphatic rings. The van der Waals surface area contributed by atoms with Crippen LogP contribution in [0, 0.1) is 0 Å². The minimum absolute atomic E-state index is 0.0143. The van der Waals surface area contributed by atoms with Crippen LogP contribution in [-0.2, 0) is 6.18 Å². The maximum absolute atomic E-state index is 12.7. The third-order valence-electron chi connectivity index (χ3n) is 3.98. The van der Waals surface area contributed by atoms with Gasteiger partial charge in [-0.15, -0.1) is 13.2 Å². The lowest BCUT2D eigenvalue weighted by atomic mass is 10.1. The van der Waals surface area contributed by atoms with Crippen LogP contribution in [0.5, 0.6) is 5.75 Å². The Morgan fingerprint density at radius 2 is 1.63 bits per heavy atom. The number of aliphatic hydroxyl groups is 1. The molecule has 0 saturated carbocycles. The van der Waals surface area contributed by atoms with Crippen molar-refractivity contribution in [2.24, 2.45) is 0 Å². The molecule has 0 fully saturated rings. The quantitative estimate of drug-likeness (QED) is 0.693. The zero-order chi connectivity index (χ0) is 19.8. The molecule has 144 valence electrons. The molecule has 9 heteroatoms. The summed E-state index contributed by atoms with van der Waals surface area (Å²) in [6, 6.07) is 8.87. The third kappa shape index (κ3) is 4.47. The second-order valence-electron chi connectivity index (χ2n) is 5.90. The molecule has 0 spiro atoms. The van der Waals surface area contributed by atoms with Gasteiger partial charge >= 0.3 is 12.5 Å². The summed E-state index contributed by atoms with van der Waals surface area (Å²) in [5.74, 6) is -0.464. The summed E-state index contributed by atoms with van der Waals surface area (Å²) in [5.41, 5.74) is -0.0455. The molecular formula is C18H13F6NO2. The van der Waals surface area contributed by atoms with Crippen LogP contribution in [0.3, 0.4) is 0 Å². The topological polar surface area (TPSA) is 32.7 Å². The average Bonchev–Trinajstić information content (AvgIpc) is 2.95. The second kappa shape index (κ2) is 6.71. The van der Waals surface area contributed by atoms with Crippen LogP contribution in [0.1, 0.15) is 17.2 Å². The normalized spacial score (nSPS) is 17.8. The number of aliphatic hydroxyl groups excluding tert-OH is 1. The van der Waals surface area contributed by atoms with E-state index in [0.29, 0.717) is 11.3 Å². The van der Waals surface area contributed by atoms with E-state index in [1.165, 1.54) is 30.3 Å². The number of rotatable bonds is 3. The highest BCUT2D eigenvalue weighted by molar-refractivity contribution is 5.55. The van der Waals surface area contributed by atoms with E-state index in [0.717, 1.165) is 18.2 Å². The molecule has 3 nitrogen and oxygen atoms in total. The Balaban J connectivity index is 1.89. The van der Waals surface area contributed by atoms with Gasteiger partial charge < -0.3 is 14.7 Å². The summed E-state index contributed by atoms with van der Waals surface area (Å²) < 4.78 is 79.3. The van der Waals surface area contributed by atoms with Crippen LogP contribution in [0.25, 0.3) is 0 Å². The Labute approximate surface area is 150 Å². The van der Waals surface area contributed by atoms with Gasteiger partial charge in [-0.05, 0) is 48.0 Å². The number of halogens is 6. The summed E-state index contributed by atoms with van der Waals surface area (Å²) >= 11 is 0. The lowest BCUT2D eigenvalue weighted by molar-refractivity contribution is -0.274. The Morgan fingerprint density at radius 3 is 2.22 bits per heavy atom. The highest BCUT2D eigenvalue weighted by atomic mass is 19.4. The van der Waals surface area contributed by atoms with Gasteiger partial charge in [-0.2, -0.15) is 13.2 Å². The lowest BCUT2D eigenvalue weighted by Crippen LogP contribution is -2.24. The summed E-state index contributed by atoms with van der Waals surface area (Å²) in [4.78, 5) is 1.57. The fourth-order valence-corrected chi connectivity index (χ4v) is 2.86. The zero-order valence-corrected chi connectivity index (χ0v) is 13.6. The summed E-state index contributed by atoms with van der Waals surface area (Å²) in [6.45, 7) is 0.0143. The molecule has 2 aromatic rings. The first kappa shape index (κ1) is 18.9.